The van der Waals surface area contributed by atoms with Gasteiger partial charge in [0.1, 0.15) is 0 Å². The van der Waals surface area contributed by atoms with E-state index in [-0.39, 0.29) is 0 Å². The molecule has 0 heterocycles. The summed E-state index contributed by atoms with van der Waals surface area (Å²) in [5.41, 5.74) is 0.359. The van der Waals surface area contributed by atoms with E-state index in [4.69, 9.17) is 4.74 Å². The molecule has 0 radical (unpaired) electrons. The summed E-state index contributed by atoms with van der Waals surface area (Å²) in [5.74, 6) is 0.612. The van der Waals surface area contributed by atoms with Gasteiger partial charge in [0.05, 0.1) is 0 Å². The number of nitrogens with one attached hydrogen (secondary N) is 1. The molecule has 0 saturated heterocycles. The van der Waals surface area contributed by atoms with Gasteiger partial charge in [0, 0.05) is 19.8 Å². The maximum Gasteiger partial charge on any atom is 0.0492 e. The Bertz CT molecular complexity index is 143. The molecule has 0 aliphatic carbocycles. The van der Waals surface area contributed by atoms with E-state index in [9.17, 15) is 0 Å². The number of hydrogen-bond donors (Lipinski definition) is 1. The van der Waals surface area contributed by atoms with Gasteiger partial charge in [-0.2, -0.15) is 0 Å². The van der Waals surface area contributed by atoms with Gasteiger partial charge in [0.15, 0.2) is 0 Å². The van der Waals surface area contributed by atoms with Crippen LogP contribution in [0.3, 0.4) is 0 Å². The molecule has 2 nitrogen and oxygen atoms in total. The van der Waals surface area contributed by atoms with E-state index in [0.29, 0.717) is 17.4 Å². The fourth-order valence-electron chi connectivity index (χ4n) is 1.41. The van der Waals surface area contributed by atoms with E-state index in [1.54, 1.807) is 7.11 Å². The van der Waals surface area contributed by atoms with Crippen LogP contribution in [-0.2, 0) is 4.74 Å². The van der Waals surface area contributed by atoms with Crippen molar-refractivity contribution in [1.82, 2.24) is 5.32 Å². The zero-order valence-corrected chi connectivity index (χ0v) is 10.7. The topological polar surface area (TPSA) is 21.3 Å². The van der Waals surface area contributed by atoms with Gasteiger partial charge in [-0.25, -0.2) is 0 Å². The van der Waals surface area contributed by atoms with Gasteiger partial charge in [-0.3, -0.25) is 0 Å². The standard InChI is InChI=1S/C12H27NO/c1-10(2)13-8-7-12(4,5)11(3)9-14-6/h10-11,13H,7-9H2,1-6H3. The fourth-order valence-corrected chi connectivity index (χ4v) is 1.41. The molecule has 0 rings (SSSR count). The molecule has 2 heteroatoms. The summed E-state index contributed by atoms with van der Waals surface area (Å²) < 4.78 is 5.20. The summed E-state index contributed by atoms with van der Waals surface area (Å²) in [7, 11) is 1.78. The Balaban J connectivity index is 3.81. The molecule has 0 bridgehead atoms. The van der Waals surface area contributed by atoms with Crippen LogP contribution in [0.4, 0.5) is 0 Å². The minimum Gasteiger partial charge on any atom is -0.384 e. The third kappa shape index (κ3) is 5.61. The molecule has 0 aromatic carbocycles. The maximum atomic E-state index is 5.20. The number of rotatable bonds is 7. The molecule has 86 valence electrons. The van der Waals surface area contributed by atoms with E-state index in [1.807, 2.05) is 0 Å². The summed E-state index contributed by atoms with van der Waals surface area (Å²) in [6, 6.07) is 0.587. The lowest BCUT2D eigenvalue weighted by Crippen LogP contribution is -2.32. The molecule has 0 aliphatic rings. The number of hydrogen-bond acceptors (Lipinski definition) is 2. The quantitative estimate of drug-likeness (QED) is 0.684. The molecular weight excluding hydrogens is 174 g/mol. The molecule has 0 amide bonds. The first-order valence-corrected chi connectivity index (χ1v) is 5.62. The Hall–Kier alpha value is -0.0800. The zero-order chi connectivity index (χ0) is 11.2. The highest BCUT2D eigenvalue weighted by Crippen LogP contribution is 2.30. The van der Waals surface area contributed by atoms with Crippen LogP contribution < -0.4 is 5.32 Å². The van der Waals surface area contributed by atoms with Crippen molar-refractivity contribution in [3.05, 3.63) is 0 Å². The minimum atomic E-state index is 0.359. The third-order valence-corrected chi connectivity index (χ3v) is 3.07. The lowest BCUT2D eigenvalue weighted by atomic mass is 9.77. The summed E-state index contributed by atoms with van der Waals surface area (Å²) in [5, 5.41) is 3.46. The van der Waals surface area contributed by atoms with Crippen LogP contribution in [0.25, 0.3) is 0 Å². The van der Waals surface area contributed by atoms with Crippen LogP contribution in [0, 0.1) is 11.3 Å². The smallest absolute Gasteiger partial charge is 0.0492 e. The highest BCUT2D eigenvalue weighted by atomic mass is 16.5. The first-order chi connectivity index (χ1) is 6.40. The van der Waals surface area contributed by atoms with E-state index >= 15 is 0 Å². The van der Waals surface area contributed by atoms with Gasteiger partial charge in [-0.05, 0) is 24.3 Å². The Labute approximate surface area is 89.4 Å². The molecule has 1 unspecified atom stereocenters. The minimum absolute atomic E-state index is 0.359. The second-order valence-corrected chi connectivity index (χ2v) is 5.20. The van der Waals surface area contributed by atoms with Gasteiger partial charge >= 0.3 is 0 Å². The molecule has 14 heavy (non-hydrogen) atoms. The van der Waals surface area contributed by atoms with Crippen molar-refractivity contribution >= 4 is 0 Å². The van der Waals surface area contributed by atoms with Crippen molar-refractivity contribution in [3.8, 4) is 0 Å². The van der Waals surface area contributed by atoms with Crippen LogP contribution in [0.15, 0.2) is 0 Å². The second-order valence-electron chi connectivity index (χ2n) is 5.20. The second kappa shape index (κ2) is 6.41. The molecule has 0 fully saturated rings. The molecule has 0 saturated carbocycles. The van der Waals surface area contributed by atoms with Crippen molar-refractivity contribution in [3.63, 3.8) is 0 Å². The fraction of sp³-hybridized carbons (Fsp3) is 1.00. The average Bonchev–Trinajstić information content (AvgIpc) is 2.03. The molecule has 1 N–H and O–H groups in total. The summed E-state index contributed by atoms with van der Waals surface area (Å²) in [6.07, 6.45) is 1.20. The normalized spacial score (nSPS) is 14.8. The highest BCUT2D eigenvalue weighted by molar-refractivity contribution is 4.76. The largest absolute Gasteiger partial charge is 0.384 e. The van der Waals surface area contributed by atoms with Crippen molar-refractivity contribution in [1.29, 1.82) is 0 Å². The van der Waals surface area contributed by atoms with Gasteiger partial charge in [0.25, 0.3) is 0 Å². The van der Waals surface area contributed by atoms with Crippen LogP contribution in [0.2, 0.25) is 0 Å². The summed E-state index contributed by atoms with van der Waals surface area (Å²) in [4.78, 5) is 0. The lowest BCUT2D eigenvalue weighted by molar-refractivity contribution is 0.0859. The Morgan fingerprint density at radius 2 is 1.79 bits per heavy atom. The summed E-state index contributed by atoms with van der Waals surface area (Å²) >= 11 is 0. The van der Waals surface area contributed by atoms with Gasteiger partial charge < -0.3 is 10.1 Å². The highest BCUT2D eigenvalue weighted by Gasteiger charge is 2.25. The van der Waals surface area contributed by atoms with E-state index < -0.39 is 0 Å². The van der Waals surface area contributed by atoms with Crippen molar-refractivity contribution < 1.29 is 4.74 Å². The Morgan fingerprint density at radius 3 is 2.21 bits per heavy atom. The average molecular weight is 201 g/mol. The van der Waals surface area contributed by atoms with Gasteiger partial charge in [0.2, 0.25) is 0 Å². The Kier molecular flexibility index (Phi) is 6.38. The van der Waals surface area contributed by atoms with Crippen LogP contribution in [0.5, 0.6) is 0 Å². The van der Waals surface area contributed by atoms with E-state index in [2.05, 4.69) is 39.9 Å². The third-order valence-electron chi connectivity index (χ3n) is 3.07. The Morgan fingerprint density at radius 1 is 1.21 bits per heavy atom. The van der Waals surface area contributed by atoms with Crippen molar-refractivity contribution in [2.45, 2.75) is 47.1 Å². The molecular formula is C12H27NO. The number of ether oxygens (including phenoxy) is 1. The predicted octanol–water partition coefficient (Wildman–Crippen LogP) is 2.68. The SMILES string of the molecule is COCC(C)C(C)(C)CCNC(C)C. The van der Waals surface area contributed by atoms with Crippen LogP contribution >= 0.6 is 0 Å². The van der Waals surface area contributed by atoms with E-state index in [1.165, 1.54) is 6.42 Å². The van der Waals surface area contributed by atoms with Crippen LogP contribution in [-0.4, -0.2) is 26.3 Å². The number of methoxy groups -OCH3 is 1. The monoisotopic (exact) mass is 201 g/mol. The van der Waals surface area contributed by atoms with Crippen molar-refractivity contribution in [2.75, 3.05) is 20.3 Å². The molecule has 0 spiro atoms. The summed E-state index contributed by atoms with van der Waals surface area (Å²) in [6.45, 7) is 13.2. The lowest BCUT2D eigenvalue weighted by Gasteiger charge is -2.31. The molecule has 0 aromatic rings. The molecule has 1 atom stereocenters. The predicted molar refractivity (Wildman–Crippen MR) is 62.6 cm³/mol. The first kappa shape index (κ1) is 13.9. The molecule has 0 aliphatic heterocycles. The molecule has 0 aromatic heterocycles. The van der Waals surface area contributed by atoms with E-state index in [0.717, 1.165) is 13.2 Å². The van der Waals surface area contributed by atoms with Crippen LogP contribution in [0.1, 0.15) is 41.0 Å². The van der Waals surface area contributed by atoms with Gasteiger partial charge in [-0.15, -0.1) is 0 Å². The van der Waals surface area contributed by atoms with Crippen molar-refractivity contribution in [2.24, 2.45) is 11.3 Å². The maximum absolute atomic E-state index is 5.20. The first-order valence-electron chi connectivity index (χ1n) is 5.62. The van der Waals surface area contributed by atoms with Gasteiger partial charge in [-0.1, -0.05) is 34.6 Å². The zero-order valence-electron chi connectivity index (χ0n) is 10.7.